The fourth-order valence-corrected chi connectivity index (χ4v) is 0.342. The Morgan fingerprint density at radius 2 is 1.60 bits per heavy atom. The van der Waals surface area contributed by atoms with Crippen molar-refractivity contribution in [1.29, 1.82) is 0 Å². The molecule has 8 heteroatoms. The molecule has 1 aromatic rings. The second kappa shape index (κ2) is 9.55. The molecule has 0 aliphatic rings. The first-order valence-electron chi connectivity index (χ1n) is 3.49. The van der Waals surface area contributed by atoms with Crippen molar-refractivity contribution in [3.63, 3.8) is 0 Å². The molecule has 2 N–H and O–H groups in total. The molecule has 0 fully saturated rings. The van der Waals surface area contributed by atoms with Crippen LogP contribution in [0.4, 0.5) is 0 Å². The fourth-order valence-electron chi connectivity index (χ4n) is 0.342. The molecule has 0 spiro atoms. The average molecular weight is 276 g/mol. The molecule has 86 valence electrons. The predicted octanol–water partition coefficient (Wildman–Crippen LogP) is -0.148. The van der Waals surface area contributed by atoms with Crippen LogP contribution in [0.2, 0.25) is 0 Å². The van der Waals surface area contributed by atoms with Gasteiger partial charge in [0.25, 0.3) is 5.97 Å². The number of carbonyl (C=O) groups is 1. The topological polar surface area (TPSA) is 109 Å². The van der Waals surface area contributed by atoms with E-state index in [1.165, 1.54) is 0 Å². The summed E-state index contributed by atoms with van der Waals surface area (Å²) in [7, 11) is 4.02. The van der Waals surface area contributed by atoms with E-state index in [2.05, 4.69) is 15.0 Å². The molecule has 6 nitrogen and oxygen atoms in total. The quantitative estimate of drug-likeness (QED) is 0.708. The van der Waals surface area contributed by atoms with Gasteiger partial charge in [0.2, 0.25) is 0 Å². The predicted molar refractivity (Wildman–Crippen MR) is 43.5 cm³/mol. The van der Waals surface area contributed by atoms with Crippen molar-refractivity contribution in [2.75, 3.05) is 0 Å². The molecule has 0 aromatic carbocycles. The van der Waals surface area contributed by atoms with Gasteiger partial charge in [0.15, 0.2) is 12.4 Å². The Bertz CT molecular complexity index is 314. The summed E-state index contributed by atoms with van der Waals surface area (Å²) in [6.07, 6.45) is 3.75. The molecule has 0 saturated carbocycles. The second-order valence-electron chi connectivity index (χ2n) is 1.99. The van der Waals surface area contributed by atoms with Crippen LogP contribution in [-0.4, -0.2) is 11.1 Å². The van der Waals surface area contributed by atoms with E-state index in [0.29, 0.717) is 0 Å². The van der Waals surface area contributed by atoms with Gasteiger partial charge in [-0.15, -0.1) is 0 Å². The number of aromatic amines is 1. The Labute approximate surface area is 92.8 Å². The van der Waals surface area contributed by atoms with E-state index in [-0.39, 0.29) is 0 Å². The molecule has 0 amide bonds. The molecule has 1 rings (SSSR count). The summed E-state index contributed by atoms with van der Waals surface area (Å²) >= 11 is -5.03. The standard InChI is InChI=1S/C5H5N.C2H4O2.ClH.Cr.3O/c1-2-4-6-5-3-1;1-2(3)4;;;;;/h1-5H;1H3,(H,3,4);1H;;;;/q;;;+1;;;-1. The molecular formula is C7H10ClCrNO5. The van der Waals surface area contributed by atoms with Gasteiger partial charge in [0.1, 0.15) is 0 Å². The smallest absolute Gasteiger partial charge is 0.166 e. The molecule has 0 bridgehead atoms. The van der Waals surface area contributed by atoms with Gasteiger partial charge in [-0.05, 0) is 0 Å². The fraction of sp³-hybridized carbons (Fsp3) is 0.143. The zero-order valence-corrected chi connectivity index (χ0v) is 9.78. The van der Waals surface area contributed by atoms with E-state index >= 15 is 0 Å². The first-order chi connectivity index (χ1) is 6.73. The van der Waals surface area contributed by atoms with Gasteiger partial charge in [-0.1, -0.05) is 6.07 Å². The monoisotopic (exact) mass is 275 g/mol. The van der Waals surface area contributed by atoms with Gasteiger partial charge >= 0.3 is 34.2 Å². The van der Waals surface area contributed by atoms with Crippen LogP contribution in [0.25, 0.3) is 0 Å². The van der Waals surface area contributed by atoms with Gasteiger partial charge < -0.3 is 5.11 Å². The van der Waals surface area contributed by atoms with Gasteiger partial charge in [0.05, 0.1) is 0 Å². The number of H-pyrrole nitrogens is 1. The van der Waals surface area contributed by atoms with Crippen molar-refractivity contribution in [2.24, 2.45) is 0 Å². The third-order valence-corrected chi connectivity index (χ3v) is 0.607. The Morgan fingerprint density at radius 3 is 1.67 bits per heavy atom. The number of aromatic nitrogens is 1. The van der Waals surface area contributed by atoms with Gasteiger partial charge in [0, 0.05) is 19.1 Å². The molecule has 15 heavy (non-hydrogen) atoms. The van der Waals surface area contributed by atoms with Crippen LogP contribution in [0.15, 0.2) is 30.6 Å². The largest absolute Gasteiger partial charge is 0.218 e. The van der Waals surface area contributed by atoms with Crippen LogP contribution >= 0.6 is 10.0 Å². The molecule has 0 radical (unpaired) electrons. The summed E-state index contributed by atoms with van der Waals surface area (Å²) in [5, 5.41) is 7.42. The minimum atomic E-state index is -5.03. The van der Waals surface area contributed by atoms with E-state index in [1.807, 2.05) is 30.6 Å². The molecule has 0 atom stereocenters. The van der Waals surface area contributed by atoms with Gasteiger partial charge in [-0.2, -0.15) is 0 Å². The third-order valence-electron chi connectivity index (χ3n) is 0.607. The number of nitrogens with one attached hydrogen (secondary N) is 1. The molecule has 1 aromatic heterocycles. The minimum Gasteiger partial charge on any atom is -0.218 e. The van der Waals surface area contributed by atoms with Crippen molar-refractivity contribution >= 4 is 16.0 Å². The second-order valence-corrected chi connectivity index (χ2v) is 4.78. The Hall–Kier alpha value is -0.998. The van der Waals surface area contributed by atoms with E-state index in [4.69, 9.17) is 21.7 Å². The van der Waals surface area contributed by atoms with E-state index in [0.717, 1.165) is 6.92 Å². The van der Waals surface area contributed by atoms with E-state index in [1.54, 1.807) is 0 Å². The first-order valence-corrected chi connectivity index (χ1v) is 6.81. The molecule has 0 unspecified atom stereocenters. The molecular weight excluding hydrogens is 266 g/mol. The third kappa shape index (κ3) is 62.9. The van der Waals surface area contributed by atoms with Crippen LogP contribution in [0.1, 0.15) is 6.92 Å². The zero-order chi connectivity index (χ0) is 12.3. The summed E-state index contributed by atoms with van der Waals surface area (Å²) in [4.78, 5) is 11.9. The molecule has 0 aliphatic carbocycles. The van der Waals surface area contributed by atoms with E-state index in [9.17, 15) is 0 Å². The van der Waals surface area contributed by atoms with E-state index < -0.39 is 18.3 Å². The van der Waals surface area contributed by atoms with Crippen molar-refractivity contribution < 1.29 is 39.0 Å². The summed E-state index contributed by atoms with van der Waals surface area (Å²) in [6.45, 7) is 1.08. The van der Waals surface area contributed by atoms with Crippen molar-refractivity contribution in [1.82, 2.24) is 0 Å². The van der Waals surface area contributed by atoms with Crippen LogP contribution in [0.5, 0.6) is 0 Å². The van der Waals surface area contributed by atoms with Gasteiger partial charge in [-0.25, -0.2) is 4.98 Å². The maximum atomic E-state index is 9.00. The normalized spacial score (nSPS) is 8.73. The number of rotatable bonds is 0. The number of hydrogen-bond acceptors (Lipinski definition) is 4. The number of pyridine rings is 1. The minimum absolute atomic E-state index is 0.833. The average Bonchev–Trinajstić information content (AvgIpc) is 2.03. The van der Waals surface area contributed by atoms with Crippen LogP contribution in [0, 0.1) is 0 Å². The summed E-state index contributed by atoms with van der Waals surface area (Å²) in [5.41, 5.74) is 0. The van der Waals surface area contributed by atoms with Crippen LogP contribution in [0.3, 0.4) is 0 Å². The van der Waals surface area contributed by atoms with Crippen LogP contribution in [-0.2, 0) is 24.8 Å². The Balaban J connectivity index is 0. The van der Waals surface area contributed by atoms with Gasteiger partial charge in [-0.3, -0.25) is 4.79 Å². The first kappa shape index (κ1) is 16.4. The van der Waals surface area contributed by atoms with Crippen molar-refractivity contribution in [3.05, 3.63) is 30.6 Å². The number of hydrogen-bond donors (Lipinski definition) is 1. The van der Waals surface area contributed by atoms with Crippen molar-refractivity contribution in [3.8, 4) is 0 Å². The van der Waals surface area contributed by atoms with Crippen molar-refractivity contribution in [2.45, 2.75) is 6.92 Å². The Kier molecular flexibility index (Phi) is 10.5. The van der Waals surface area contributed by atoms with Crippen LogP contribution < -0.4 is 9.14 Å². The number of halogens is 1. The molecule has 0 saturated heterocycles. The number of aliphatic carboxylic acids is 1. The Morgan fingerprint density at radius 1 is 1.33 bits per heavy atom. The summed E-state index contributed by atoms with van der Waals surface area (Å²) in [6, 6.07) is 5.86. The zero-order valence-electron chi connectivity index (χ0n) is 7.75. The molecule has 0 aliphatic heterocycles. The maximum absolute atomic E-state index is 9.00. The number of carboxylic acid groups (broad SMARTS) is 1. The maximum Gasteiger partial charge on any atom is 0.166 e. The summed E-state index contributed by atoms with van der Waals surface area (Å²) in [5.74, 6) is -0.833. The molecule has 1 heterocycles. The number of carboxylic acids is 1. The SMILES string of the molecule is CC(=O)O.[O]=[Cr](=[O])([O-])[Cl].c1cc[nH+]cc1. The summed E-state index contributed by atoms with van der Waals surface area (Å²) < 4.78 is 26.7.